The molecule has 0 saturated heterocycles. The van der Waals surface area contributed by atoms with Gasteiger partial charge in [-0.2, -0.15) is 0 Å². The van der Waals surface area contributed by atoms with Crippen molar-refractivity contribution >= 4 is 11.9 Å². The van der Waals surface area contributed by atoms with Gasteiger partial charge in [0.15, 0.2) is 0 Å². The maximum Gasteiger partial charge on any atom is 0.305 e. The van der Waals surface area contributed by atoms with Crippen LogP contribution in [0.25, 0.3) is 0 Å². The molecular weight excluding hydrogens is 995 g/mol. The van der Waals surface area contributed by atoms with E-state index in [1.165, 1.54) is 327 Å². The van der Waals surface area contributed by atoms with E-state index < -0.39 is 12.1 Å². The number of amides is 1. The van der Waals surface area contributed by atoms with Gasteiger partial charge in [0.25, 0.3) is 0 Å². The molecule has 0 radical (unpaired) electrons. The second-order valence-electron chi connectivity index (χ2n) is 25.3. The molecule has 0 saturated carbocycles. The number of aliphatic hydroxyl groups excluding tert-OH is 2. The van der Waals surface area contributed by atoms with Crippen molar-refractivity contribution in [2.75, 3.05) is 13.2 Å². The first-order valence-electron chi connectivity index (χ1n) is 36.8. The first kappa shape index (κ1) is 79.1. The van der Waals surface area contributed by atoms with Crippen molar-refractivity contribution in [2.24, 2.45) is 0 Å². The molecule has 0 fully saturated rings. The van der Waals surface area contributed by atoms with E-state index in [4.69, 9.17) is 4.74 Å². The van der Waals surface area contributed by atoms with Gasteiger partial charge in [-0.3, -0.25) is 9.59 Å². The summed E-state index contributed by atoms with van der Waals surface area (Å²) in [5.41, 5.74) is 0. The van der Waals surface area contributed by atoms with Gasteiger partial charge in [0.1, 0.15) is 0 Å². The van der Waals surface area contributed by atoms with Gasteiger partial charge in [-0.1, -0.05) is 365 Å². The Morgan fingerprint density at radius 2 is 0.617 bits per heavy atom. The number of hydrogen-bond donors (Lipinski definition) is 3. The normalized spacial score (nSPS) is 12.7. The molecule has 0 spiro atoms. The average Bonchev–Trinajstić information content (AvgIpc) is 3.47. The molecule has 2 unspecified atom stereocenters. The molecule has 6 nitrogen and oxygen atoms in total. The lowest BCUT2D eigenvalue weighted by molar-refractivity contribution is -0.143. The summed E-state index contributed by atoms with van der Waals surface area (Å²) in [6.45, 7) is 4.88. The topological polar surface area (TPSA) is 95.9 Å². The van der Waals surface area contributed by atoms with Gasteiger partial charge in [0.05, 0.1) is 25.4 Å². The zero-order chi connectivity index (χ0) is 58.5. The third-order valence-corrected chi connectivity index (χ3v) is 17.2. The van der Waals surface area contributed by atoms with Crippen LogP contribution >= 0.6 is 0 Å². The van der Waals surface area contributed by atoms with Crippen LogP contribution in [-0.4, -0.2) is 47.4 Å². The van der Waals surface area contributed by atoms with Crippen molar-refractivity contribution in [1.82, 2.24) is 5.32 Å². The molecule has 0 aromatic heterocycles. The van der Waals surface area contributed by atoms with Gasteiger partial charge in [-0.25, -0.2) is 0 Å². The summed E-state index contributed by atoms with van der Waals surface area (Å²) in [5.74, 6) is -0.0470. The smallest absolute Gasteiger partial charge is 0.305 e. The molecule has 0 bridgehead atoms. The number of ether oxygens (including phenoxy) is 1. The van der Waals surface area contributed by atoms with Crippen LogP contribution in [0.15, 0.2) is 36.5 Å². The fourth-order valence-electron chi connectivity index (χ4n) is 11.6. The quantitative estimate of drug-likeness (QED) is 0.0320. The molecular formula is C75H143NO5. The lowest BCUT2D eigenvalue weighted by Gasteiger charge is -2.20. The summed E-state index contributed by atoms with van der Waals surface area (Å²) in [5, 5.41) is 23.0. The van der Waals surface area contributed by atoms with Crippen LogP contribution in [0.5, 0.6) is 0 Å². The Hall–Kier alpha value is -1.92. The minimum Gasteiger partial charge on any atom is -0.466 e. The molecule has 0 aromatic rings. The molecule has 0 rings (SSSR count). The Morgan fingerprint density at radius 1 is 0.346 bits per heavy atom. The highest BCUT2D eigenvalue weighted by molar-refractivity contribution is 5.76. The molecule has 3 N–H and O–H groups in total. The van der Waals surface area contributed by atoms with Crippen LogP contribution in [0.4, 0.5) is 0 Å². The van der Waals surface area contributed by atoms with E-state index in [9.17, 15) is 19.8 Å². The van der Waals surface area contributed by atoms with E-state index >= 15 is 0 Å². The number of allylic oxidation sites excluding steroid dienone is 5. The summed E-state index contributed by atoms with van der Waals surface area (Å²) in [4.78, 5) is 24.5. The predicted octanol–water partition coefficient (Wildman–Crippen LogP) is 23.9. The van der Waals surface area contributed by atoms with Crippen molar-refractivity contribution < 1.29 is 24.5 Å². The van der Waals surface area contributed by atoms with Crippen LogP contribution in [0, 0.1) is 0 Å². The minimum atomic E-state index is -0.838. The number of carbonyl (C=O) groups is 2. The number of unbranched alkanes of at least 4 members (excludes halogenated alkanes) is 54. The third-order valence-electron chi connectivity index (χ3n) is 17.2. The zero-order valence-electron chi connectivity index (χ0n) is 54.8. The number of nitrogens with one attached hydrogen (secondary N) is 1. The molecule has 0 aromatic carbocycles. The molecule has 0 aliphatic carbocycles. The Kier molecular flexibility index (Phi) is 68.9. The molecule has 1 amide bonds. The summed E-state index contributed by atoms with van der Waals surface area (Å²) in [6, 6.07) is -0.621. The standard InChI is InChI=1S/C75H143NO5/c1-3-5-7-9-11-13-15-16-17-39-43-46-49-53-57-61-65-69-75(80)81-70-66-62-58-54-50-47-44-41-38-36-34-32-30-28-26-24-22-20-18-19-21-23-25-27-29-31-33-35-37-40-42-45-48-52-56-60-64-68-74(79)76-72(71-77)73(78)67-63-59-55-51-14-12-10-8-6-4-2/h11,13,16-17,63,67,72-73,77-78H,3-10,12,14-15,18-62,64-66,68-71H2,1-2H3,(H,76,79)/b13-11-,17-16-,67-63+. The number of hydrogen-bond acceptors (Lipinski definition) is 5. The summed E-state index contributed by atoms with van der Waals surface area (Å²) in [7, 11) is 0. The van der Waals surface area contributed by atoms with Crippen LogP contribution in [0.3, 0.4) is 0 Å². The average molecular weight is 1140 g/mol. The Balaban J connectivity index is 3.28. The van der Waals surface area contributed by atoms with Crippen molar-refractivity contribution in [3.05, 3.63) is 36.5 Å². The second kappa shape index (κ2) is 70.6. The van der Waals surface area contributed by atoms with E-state index in [2.05, 4.69) is 43.5 Å². The van der Waals surface area contributed by atoms with E-state index in [-0.39, 0.29) is 18.5 Å². The van der Waals surface area contributed by atoms with Gasteiger partial charge >= 0.3 is 5.97 Å². The summed E-state index contributed by atoms with van der Waals surface area (Å²) < 4.78 is 5.50. The Bertz CT molecular complexity index is 1310. The first-order valence-corrected chi connectivity index (χ1v) is 36.8. The van der Waals surface area contributed by atoms with Gasteiger partial charge in [0.2, 0.25) is 5.91 Å². The maximum absolute atomic E-state index is 12.4. The highest BCUT2D eigenvalue weighted by Crippen LogP contribution is 2.19. The number of esters is 1. The molecule has 478 valence electrons. The molecule has 81 heavy (non-hydrogen) atoms. The van der Waals surface area contributed by atoms with E-state index in [0.717, 1.165) is 51.4 Å². The largest absolute Gasteiger partial charge is 0.466 e. The Morgan fingerprint density at radius 3 is 0.963 bits per heavy atom. The molecule has 0 heterocycles. The van der Waals surface area contributed by atoms with Gasteiger partial charge < -0.3 is 20.3 Å². The minimum absolute atomic E-state index is 0.0157. The monoisotopic (exact) mass is 1140 g/mol. The summed E-state index contributed by atoms with van der Waals surface area (Å²) in [6.07, 6.45) is 91.2. The van der Waals surface area contributed by atoms with Gasteiger partial charge in [-0.05, 0) is 64.2 Å². The van der Waals surface area contributed by atoms with Gasteiger partial charge in [-0.15, -0.1) is 0 Å². The molecule has 0 aliphatic heterocycles. The molecule has 2 atom stereocenters. The highest BCUT2D eigenvalue weighted by Gasteiger charge is 2.18. The third kappa shape index (κ3) is 67.1. The second-order valence-corrected chi connectivity index (χ2v) is 25.3. The zero-order valence-corrected chi connectivity index (χ0v) is 54.8. The van der Waals surface area contributed by atoms with Crippen LogP contribution < -0.4 is 5.32 Å². The predicted molar refractivity (Wildman–Crippen MR) is 356 cm³/mol. The lowest BCUT2D eigenvalue weighted by Crippen LogP contribution is -2.45. The Labute approximate surface area is 506 Å². The van der Waals surface area contributed by atoms with Crippen LogP contribution in [0.1, 0.15) is 406 Å². The van der Waals surface area contributed by atoms with E-state index in [1.807, 2.05) is 6.08 Å². The van der Waals surface area contributed by atoms with Crippen LogP contribution in [-0.2, 0) is 14.3 Å². The highest BCUT2D eigenvalue weighted by atomic mass is 16.5. The molecule has 6 heteroatoms. The SMILES string of the molecule is CCCCC/C=C\C/C=C\CCCCCCCCCC(=O)OCCCCCCCCCCCCCCCCCCCCCCCCCCCCCCCCCCCCCCCC(=O)NC(CO)C(O)/C=C/CCCCCCCCCC. The summed E-state index contributed by atoms with van der Waals surface area (Å²) >= 11 is 0. The lowest BCUT2D eigenvalue weighted by atomic mass is 10.0. The van der Waals surface area contributed by atoms with Crippen LogP contribution in [0.2, 0.25) is 0 Å². The van der Waals surface area contributed by atoms with Crippen molar-refractivity contribution in [2.45, 2.75) is 418 Å². The number of rotatable bonds is 69. The first-order chi connectivity index (χ1) is 40.0. The van der Waals surface area contributed by atoms with Crippen molar-refractivity contribution in [3.8, 4) is 0 Å². The van der Waals surface area contributed by atoms with Crippen molar-refractivity contribution in [3.63, 3.8) is 0 Å². The maximum atomic E-state index is 12.4. The number of aliphatic hydroxyl groups is 2. The molecule has 0 aliphatic rings. The van der Waals surface area contributed by atoms with E-state index in [1.54, 1.807) is 6.08 Å². The fourth-order valence-corrected chi connectivity index (χ4v) is 11.6. The van der Waals surface area contributed by atoms with Gasteiger partial charge in [0, 0.05) is 12.8 Å². The number of carbonyl (C=O) groups excluding carboxylic acids is 2. The fraction of sp³-hybridized carbons (Fsp3) is 0.893. The van der Waals surface area contributed by atoms with Crippen molar-refractivity contribution in [1.29, 1.82) is 0 Å². The van der Waals surface area contributed by atoms with E-state index in [0.29, 0.717) is 19.4 Å².